The molecule has 0 heterocycles. The number of phenolic OH excluding ortho intramolecular Hbond substituents is 1. The molecule has 1 unspecified atom stereocenters. The molecule has 4 nitrogen and oxygen atoms in total. The lowest BCUT2D eigenvalue weighted by molar-refractivity contribution is -0.124. The fourth-order valence-electron chi connectivity index (χ4n) is 2.59. The van der Waals surface area contributed by atoms with E-state index < -0.39 is 11.4 Å². The van der Waals surface area contributed by atoms with E-state index in [1.54, 1.807) is 25.1 Å². The predicted molar refractivity (Wildman–Crippen MR) is 70.0 cm³/mol. The fourth-order valence-corrected chi connectivity index (χ4v) is 2.59. The van der Waals surface area contributed by atoms with Crippen LogP contribution in [-0.4, -0.2) is 17.1 Å². The molecule has 0 aromatic heterocycles. The zero-order chi connectivity index (χ0) is 13.2. The van der Waals surface area contributed by atoms with Crippen molar-refractivity contribution in [3.63, 3.8) is 0 Å². The molecule has 1 atom stereocenters. The predicted octanol–water partition coefficient (Wildman–Crippen LogP) is 1.62. The highest BCUT2D eigenvalue weighted by molar-refractivity contribution is 5.85. The topological polar surface area (TPSA) is 75.3 Å². The molecule has 1 amide bonds. The molecule has 0 aliphatic heterocycles. The number of rotatable bonds is 4. The summed E-state index contributed by atoms with van der Waals surface area (Å²) in [6.45, 7) is 1.78. The van der Waals surface area contributed by atoms with Gasteiger partial charge in [0, 0.05) is 6.04 Å². The van der Waals surface area contributed by atoms with Crippen molar-refractivity contribution in [2.45, 2.75) is 44.2 Å². The van der Waals surface area contributed by atoms with Crippen molar-refractivity contribution in [3.05, 3.63) is 29.8 Å². The summed E-state index contributed by atoms with van der Waals surface area (Å²) in [4.78, 5) is 11.8. The first-order valence-electron chi connectivity index (χ1n) is 6.39. The maximum atomic E-state index is 11.8. The number of amides is 1. The Kier molecular flexibility index (Phi) is 3.57. The largest absolute Gasteiger partial charge is 0.508 e. The van der Waals surface area contributed by atoms with Crippen LogP contribution in [0.1, 0.15) is 38.2 Å². The second kappa shape index (κ2) is 4.98. The summed E-state index contributed by atoms with van der Waals surface area (Å²) in [5.41, 5.74) is 5.34. The number of aromatic hydroxyl groups is 1. The van der Waals surface area contributed by atoms with Crippen LogP contribution in [-0.2, 0) is 10.3 Å². The Morgan fingerprint density at radius 3 is 2.67 bits per heavy atom. The van der Waals surface area contributed by atoms with Crippen LogP contribution < -0.4 is 11.1 Å². The van der Waals surface area contributed by atoms with Gasteiger partial charge in [-0.2, -0.15) is 0 Å². The van der Waals surface area contributed by atoms with Gasteiger partial charge in [0.2, 0.25) is 5.91 Å². The molecule has 1 saturated carbocycles. The molecule has 4 heteroatoms. The summed E-state index contributed by atoms with van der Waals surface area (Å²) in [5, 5.41) is 12.9. The highest BCUT2D eigenvalue weighted by Crippen LogP contribution is 2.28. The number of hydrogen-bond acceptors (Lipinski definition) is 3. The molecule has 0 bridgehead atoms. The van der Waals surface area contributed by atoms with Gasteiger partial charge in [0.25, 0.3) is 0 Å². The van der Waals surface area contributed by atoms with E-state index in [9.17, 15) is 9.90 Å². The molecule has 4 N–H and O–H groups in total. The molecule has 0 radical (unpaired) electrons. The number of hydrogen-bond donors (Lipinski definition) is 3. The van der Waals surface area contributed by atoms with E-state index in [2.05, 4.69) is 5.32 Å². The Bertz CT molecular complexity index is 441. The molecule has 98 valence electrons. The molecule has 18 heavy (non-hydrogen) atoms. The smallest absolute Gasteiger partial charge is 0.242 e. The van der Waals surface area contributed by atoms with Gasteiger partial charge in [0.15, 0.2) is 0 Å². The maximum absolute atomic E-state index is 11.8. The number of carbonyl (C=O) groups excluding carboxylic acids is 1. The number of benzene rings is 1. The molecule has 1 aliphatic rings. The van der Waals surface area contributed by atoms with Crippen molar-refractivity contribution in [3.8, 4) is 5.75 Å². The van der Waals surface area contributed by atoms with Crippen LogP contribution in [0.25, 0.3) is 0 Å². The molecule has 1 fully saturated rings. The molecule has 0 saturated heterocycles. The van der Waals surface area contributed by atoms with Gasteiger partial charge in [-0.3, -0.25) is 10.1 Å². The van der Waals surface area contributed by atoms with E-state index in [0.29, 0.717) is 11.6 Å². The number of nitrogens with one attached hydrogen (secondary N) is 1. The van der Waals surface area contributed by atoms with Crippen molar-refractivity contribution in [1.29, 1.82) is 0 Å². The standard InChI is InChI=1S/C14H20N2O2/c1-14(13(15)18,16-11-6-2-3-7-11)10-5-4-8-12(17)9-10/h4-5,8-9,11,16-17H,2-3,6-7H2,1H3,(H2,15,18). The second-order valence-corrected chi connectivity index (χ2v) is 5.17. The first kappa shape index (κ1) is 12.9. The summed E-state index contributed by atoms with van der Waals surface area (Å²) >= 11 is 0. The van der Waals surface area contributed by atoms with Crippen molar-refractivity contribution < 1.29 is 9.90 Å². The monoisotopic (exact) mass is 248 g/mol. The van der Waals surface area contributed by atoms with Gasteiger partial charge >= 0.3 is 0 Å². The van der Waals surface area contributed by atoms with Crippen LogP contribution in [0.5, 0.6) is 5.75 Å². The summed E-state index contributed by atoms with van der Waals surface area (Å²) < 4.78 is 0. The molecule has 1 aromatic rings. The van der Waals surface area contributed by atoms with Gasteiger partial charge in [-0.1, -0.05) is 25.0 Å². The minimum Gasteiger partial charge on any atom is -0.508 e. The Morgan fingerprint density at radius 1 is 1.44 bits per heavy atom. The molecular weight excluding hydrogens is 228 g/mol. The third-order valence-corrected chi connectivity index (χ3v) is 3.76. The van der Waals surface area contributed by atoms with Gasteiger partial charge in [0.1, 0.15) is 11.3 Å². The van der Waals surface area contributed by atoms with E-state index in [-0.39, 0.29) is 5.75 Å². The van der Waals surface area contributed by atoms with Gasteiger partial charge in [0.05, 0.1) is 0 Å². The molecule has 2 rings (SSSR count). The number of carbonyl (C=O) groups is 1. The average Bonchev–Trinajstić information content (AvgIpc) is 2.81. The van der Waals surface area contributed by atoms with E-state index in [0.717, 1.165) is 12.8 Å². The number of primary amides is 1. The Balaban J connectivity index is 2.28. The summed E-state index contributed by atoms with van der Waals surface area (Å²) in [6, 6.07) is 7.03. The first-order chi connectivity index (χ1) is 8.52. The van der Waals surface area contributed by atoms with Crippen LogP contribution in [0.15, 0.2) is 24.3 Å². The van der Waals surface area contributed by atoms with Crippen LogP contribution in [0.4, 0.5) is 0 Å². The SMILES string of the molecule is CC(NC1CCCC1)(C(N)=O)c1cccc(O)c1. The molecular formula is C14H20N2O2. The second-order valence-electron chi connectivity index (χ2n) is 5.17. The quantitative estimate of drug-likeness (QED) is 0.758. The lowest BCUT2D eigenvalue weighted by atomic mass is 9.90. The number of nitrogens with two attached hydrogens (primary N) is 1. The van der Waals surface area contributed by atoms with Crippen molar-refractivity contribution in [1.82, 2.24) is 5.32 Å². The van der Waals surface area contributed by atoms with Crippen LogP contribution in [0, 0.1) is 0 Å². The average molecular weight is 248 g/mol. The lowest BCUT2D eigenvalue weighted by Gasteiger charge is -2.31. The Morgan fingerprint density at radius 2 is 2.11 bits per heavy atom. The van der Waals surface area contributed by atoms with E-state index in [1.807, 2.05) is 6.07 Å². The summed E-state index contributed by atoms with van der Waals surface area (Å²) in [7, 11) is 0. The summed E-state index contributed by atoms with van der Waals surface area (Å²) in [5.74, 6) is -0.270. The highest BCUT2D eigenvalue weighted by Gasteiger charge is 2.36. The molecule has 1 aromatic carbocycles. The Labute approximate surface area is 107 Å². The third-order valence-electron chi connectivity index (χ3n) is 3.76. The van der Waals surface area contributed by atoms with Crippen molar-refractivity contribution in [2.75, 3.05) is 0 Å². The van der Waals surface area contributed by atoms with Gasteiger partial charge in [-0.05, 0) is 37.5 Å². The molecule has 1 aliphatic carbocycles. The van der Waals surface area contributed by atoms with Crippen molar-refractivity contribution >= 4 is 5.91 Å². The van der Waals surface area contributed by atoms with Gasteiger partial charge < -0.3 is 10.8 Å². The van der Waals surface area contributed by atoms with Crippen LogP contribution in [0.3, 0.4) is 0 Å². The van der Waals surface area contributed by atoms with Crippen LogP contribution >= 0.6 is 0 Å². The van der Waals surface area contributed by atoms with E-state index in [1.165, 1.54) is 12.8 Å². The van der Waals surface area contributed by atoms with Gasteiger partial charge in [-0.25, -0.2) is 0 Å². The van der Waals surface area contributed by atoms with E-state index in [4.69, 9.17) is 5.73 Å². The normalized spacial score (nSPS) is 19.6. The van der Waals surface area contributed by atoms with E-state index >= 15 is 0 Å². The zero-order valence-electron chi connectivity index (χ0n) is 10.6. The third kappa shape index (κ3) is 2.48. The minimum atomic E-state index is -0.923. The highest BCUT2D eigenvalue weighted by atomic mass is 16.3. The maximum Gasteiger partial charge on any atom is 0.242 e. The van der Waals surface area contributed by atoms with Crippen LogP contribution in [0.2, 0.25) is 0 Å². The fraction of sp³-hybridized carbons (Fsp3) is 0.500. The van der Waals surface area contributed by atoms with Crippen molar-refractivity contribution in [2.24, 2.45) is 5.73 Å². The zero-order valence-corrected chi connectivity index (χ0v) is 10.6. The molecule has 0 spiro atoms. The first-order valence-corrected chi connectivity index (χ1v) is 6.39. The Hall–Kier alpha value is -1.55. The minimum absolute atomic E-state index is 0.146. The number of phenols is 1. The lowest BCUT2D eigenvalue weighted by Crippen LogP contribution is -2.53. The summed E-state index contributed by atoms with van der Waals surface area (Å²) in [6.07, 6.45) is 4.52. The van der Waals surface area contributed by atoms with Gasteiger partial charge in [-0.15, -0.1) is 0 Å².